The lowest BCUT2D eigenvalue weighted by atomic mass is 9.69. The smallest absolute Gasteiger partial charge is 0.341 e. The molecule has 1 saturated heterocycles. The summed E-state index contributed by atoms with van der Waals surface area (Å²) in [6.45, 7) is 8.81. The molecule has 8 nitrogen and oxygen atoms in total. The first kappa shape index (κ1) is 27.9. The second-order valence-corrected chi connectivity index (χ2v) is 11.8. The van der Waals surface area contributed by atoms with Gasteiger partial charge in [-0.05, 0) is 73.5 Å². The van der Waals surface area contributed by atoms with Crippen molar-refractivity contribution in [1.29, 1.82) is 0 Å². The summed E-state index contributed by atoms with van der Waals surface area (Å²) >= 11 is 6.92. The van der Waals surface area contributed by atoms with Crippen LogP contribution in [0.3, 0.4) is 0 Å². The molecule has 4 rings (SSSR count). The van der Waals surface area contributed by atoms with E-state index < -0.39 is 11.9 Å². The topological polar surface area (TPSA) is 105 Å². The third-order valence-electron chi connectivity index (χ3n) is 7.63. The number of anilines is 2. The number of hydrogen-bond acceptors (Lipinski definition) is 7. The minimum atomic E-state index is -0.493. The van der Waals surface area contributed by atoms with Crippen LogP contribution in [0, 0.1) is 11.3 Å². The van der Waals surface area contributed by atoms with Crippen LogP contribution in [-0.2, 0) is 27.2 Å². The third-order valence-corrected chi connectivity index (χ3v) is 9.01. The fourth-order valence-electron chi connectivity index (χ4n) is 5.01. The van der Waals surface area contributed by atoms with Crippen LogP contribution in [0.15, 0.2) is 24.3 Å². The van der Waals surface area contributed by atoms with Crippen molar-refractivity contribution in [2.75, 3.05) is 16.8 Å². The van der Waals surface area contributed by atoms with Gasteiger partial charge in [-0.15, -0.1) is 11.3 Å². The average Bonchev–Trinajstić information content (AvgIpc) is 3.41. The highest BCUT2D eigenvalue weighted by Gasteiger charge is 2.36. The molecular formula is C28H33N3O5S2. The maximum atomic E-state index is 13.0. The predicted octanol–water partition coefficient (Wildman–Crippen LogP) is 5.25. The molecule has 1 atom stereocenters. The van der Waals surface area contributed by atoms with Crippen molar-refractivity contribution in [2.24, 2.45) is 11.3 Å². The maximum Gasteiger partial charge on any atom is 0.341 e. The number of esters is 1. The van der Waals surface area contributed by atoms with E-state index in [0.29, 0.717) is 22.2 Å². The Hall–Kier alpha value is -3.11. The number of ether oxygens (including phenoxy) is 1. The molecule has 1 aromatic carbocycles. The predicted molar refractivity (Wildman–Crippen MR) is 152 cm³/mol. The molecule has 38 heavy (non-hydrogen) atoms. The second kappa shape index (κ2) is 11.3. The van der Waals surface area contributed by atoms with Gasteiger partial charge in [0.25, 0.3) is 5.91 Å². The van der Waals surface area contributed by atoms with E-state index in [1.54, 1.807) is 25.1 Å². The standard InChI is InChI=1S/C28H33N3O5S2/c1-5-28(3,4)17-10-11-19-20(15-17)38-25(23(19)26(35)36-6-2)30-27(37)29-24(34)16-8-7-9-18(14-16)31-21(32)12-13-22(31)33/h7-9,14,17H,5-6,10-13,15H2,1-4H3,(H2,29,30,34,37). The van der Waals surface area contributed by atoms with E-state index >= 15 is 0 Å². The van der Waals surface area contributed by atoms with Crippen LogP contribution < -0.4 is 15.5 Å². The Morgan fingerprint density at radius 2 is 1.87 bits per heavy atom. The number of carbonyl (C=O) groups is 4. The summed E-state index contributed by atoms with van der Waals surface area (Å²) in [6, 6.07) is 6.29. The van der Waals surface area contributed by atoms with Gasteiger partial charge in [0.05, 0.1) is 17.9 Å². The highest BCUT2D eigenvalue weighted by molar-refractivity contribution is 7.80. The monoisotopic (exact) mass is 555 g/mol. The summed E-state index contributed by atoms with van der Waals surface area (Å²) < 4.78 is 5.36. The molecule has 0 radical (unpaired) electrons. The van der Waals surface area contributed by atoms with E-state index in [-0.39, 0.29) is 47.4 Å². The number of thiophene rings is 1. The highest BCUT2D eigenvalue weighted by Crippen LogP contribution is 2.45. The number of rotatable bonds is 7. The Labute approximate surface area is 232 Å². The van der Waals surface area contributed by atoms with Gasteiger partial charge in [0.2, 0.25) is 11.8 Å². The Balaban J connectivity index is 1.52. The van der Waals surface area contributed by atoms with E-state index in [1.165, 1.54) is 17.4 Å². The number of benzene rings is 1. The van der Waals surface area contributed by atoms with E-state index in [2.05, 4.69) is 31.4 Å². The van der Waals surface area contributed by atoms with Crippen LogP contribution in [0.1, 0.15) is 84.5 Å². The first-order valence-corrected chi connectivity index (χ1v) is 14.2. The van der Waals surface area contributed by atoms with E-state index in [1.807, 2.05) is 0 Å². The van der Waals surface area contributed by atoms with Crippen LogP contribution in [0.25, 0.3) is 0 Å². The zero-order chi connectivity index (χ0) is 27.6. The summed E-state index contributed by atoms with van der Waals surface area (Å²) in [5, 5.41) is 6.32. The van der Waals surface area contributed by atoms with Crippen molar-refractivity contribution >= 4 is 63.0 Å². The summed E-state index contributed by atoms with van der Waals surface area (Å²) in [7, 11) is 0. The number of carbonyl (C=O) groups excluding carboxylic acids is 4. The van der Waals surface area contributed by atoms with Gasteiger partial charge in [-0.3, -0.25) is 24.6 Å². The molecule has 2 aliphatic rings. The Bertz CT molecular complexity index is 1280. The molecule has 2 N–H and O–H groups in total. The number of hydrogen-bond donors (Lipinski definition) is 2. The number of thiocarbonyl (C=S) groups is 1. The van der Waals surface area contributed by atoms with E-state index in [9.17, 15) is 19.2 Å². The Morgan fingerprint density at radius 1 is 1.16 bits per heavy atom. The second-order valence-electron chi connectivity index (χ2n) is 10.3. The van der Waals surface area contributed by atoms with E-state index in [4.69, 9.17) is 17.0 Å². The molecule has 3 amide bonds. The largest absolute Gasteiger partial charge is 0.462 e. The number of imide groups is 1. The molecule has 1 aliphatic carbocycles. The Kier molecular flexibility index (Phi) is 8.32. The van der Waals surface area contributed by atoms with Crippen molar-refractivity contribution in [3.63, 3.8) is 0 Å². The molecule has 1 aromatic heterocycles. The van der Waals surface area contributed by atoms with Crippen LogP contribution in [0.5, 0.6) is 0 Å². The maximum absolute atomic E-state index is 13.0. The third kappa shape index (κ3) is 5.66. The summed E-state index contributed by atoms with van der Waals surface area (Å²) in [4.78, 5) is 52.3. The van der Waals surface area contributed by atoms with Gasteiger partial charge in [0.1, 0.15) is 5.00 Å². The molecule has 2 aromatic rings. The van der Waals surface area contributed by atoms with Crippen molar-refractivity contribution in [3.05, 3.63) is 45.8 Å². The van der Waals surface area contributed by atoms with E-state index in [0.717, 1.165) is 41.0 Å². The van der Waals surface area contributed by atoms with Gasteiger partial charge in [0.15, 0.2) is 5.11 Å². The average molecular weight is 556 g/mol. The molecule has 0 spiro atoms. The lowest BCUT2D eigenvalue weighted by molar-refractivity contribution is -0.121. The van der Waals surface area contributed by atoms with Crippen molar-refractivity contribution < 1.29 is 23.9 Å². The fourth-order valence-corrected chi connectivity index (χ4v) is 6.59. The van der Waals surface area contributed by atoms with Crippen LogP contribution >= 0.6 is 23.6 Å². The first-order valence-electron chi connectivity index (χ1n) is 13.0. The van der Waals surface area contributed by atoms with Crippen molar-refractivity contribution in [2.45, 2.75) is 66.2 Å². The molecule has 0 bridgehead atoms. The van der Waals surface area contributed by atoms with Gasteiger partial charge in [-0.2, -0.15) is 0 Å². The summed E-state index contributed by atoms with van der Waals surface area (Å²) in [5.41, 5.74) is 2.29. The van der Waals surface area contributed by atoms with Gasteiger partial charge in [-0.1, -0.05) is 33.3 Å². The van der Waals surface area contributed by atoms with Crippen LogP contribution in [0.4, 0.5) is 10.7 Å². The minimum absolute atomic E-state index is 0.0447. The normalized spacial score (nSPS) is 17.3. The zero-order valence-electron chi connectivity index (χ0n) is 22.1. The molecule has 10 heteroatoms. The number of nitrogens with zero attached hydrogens (tertiary/aromatic N) is 1. The van der Waals surface area contributed by atoms with Gasteiger partial charge in [0, 0.05) is 23.3 Å². The fraction of sp³-hybridized carbons (Fsp3) is 0.464. The van der Waals surface area contributed by atoms with Gasteiger partial charge < -0.3 is 10.1 Å². The summed E-state index contributed by atoms with van der Waals surface area (Å²) in [6.07, 6.45) is 4.06. The van der Waals surface area contributed by atoms with Crippen molar-refractivity contribution in [1.82, 2.24) is 5.32 Å². The van der Waals surface area contributed by atoms with Crippen LogP contribution in [-0.4, -0.2) is 35.4 Å². The summed E-state index contributed by atoms with van der Waals surface area (Å²) in [5.74, 6) is -0.963. The quantitative estimate of drug-likeness (QED) is 0.273. The molecular weight excluding hydrogens is 522 g/mol. The zero-order valence-corrected chi connectivity index (χ0v) is 23.8. The SMILES string of the molecule is CCOC(=O)c1c(NC(=S)NC(=O)c2cccc(N3C(=O)CCC3=O)c2)sc2c1CCC(C(C)(C)CC)C2. The molecule has 1 aliphatic heterocycles. The van der Waals surface area contributed by atoms with Gasteiger partial charge >= 0.3 is 5.97 Å². The number of fused-ring (bicyclic) bond motifs is 1. The molecule has 2 heterocycles. The number of nitrogens with one attached hydrogen (secondary N) is 2. The number of amides is 3. The molecule has 1 unspecified atom stereocenters. The Morgan fingerprint density at radius 3 is 2.53 bits per heavy atom. The molecule has 202 valence electrons. The van der Waals surface area contributed by atoms with Crippen LogP contribution in [0.2, 0.25) is 0 Å². The minimum Gasteiger partial charge on any atom is -0.462 e. The molecule has 0 saturated carbocycles. The lowest BCUT2D eigenvalue weighted by Gasteiger charge is -2.36. The van der Waals surface area contributed by atoms with Crippen molar-refractivity contribution in [3.8, 4) is 0 Å². The highest BCUT2D eigenvalue weighted by atomic mass is 32.1. The van der Waals surface area contributed by atoms with Gasteiger partial charge in [-0.25, -0.2) is 4.79 Å². The first-order chi connectivity index (χ1) is 18.1. The lowest BCUT2D eigenvalue weighted by Crippen LogP contribution is -2.34. The molecule has 1 fully saturated rings.